The lowest BCUT2D eigenvalue weighted by Gasteiger charge is -2.32. The molecule has 1 aliphatic carbocycles. The van der Waals surface area contributed by atoms with Gasteiger partial charge in [-0.05, 0) is 12.8 Å². The first-order valence-electron chi connectivity index (χ1n) is 6.15. The fourth-order valence-electron chi connectivity index (χ4n) is 2.37. The maximum absolute atomic E-state index is 12.4. The lowest BCUT2D eigenvalue weighted by Crippen LogP contribution is -2.43. The standard InChI is InChI=1S/C12H15F3N2OS/c13-12(14,15)10-17-7-9(19-10)8(18)6-11(16)4-2-1-3-5-11/h7H,1-6,16H2. The van der Waals surface area contributed by atoms with Gasteiger partial charge in [-0.2, -0.15) is 13.2 Å². The van der Waals surface area contributed by atoms with Crippen molar-refractivity contribution in [2.75, 3.05) is 0 Å². The molecule has 106 valence electrons. The molecule has 1 heterocycles. The Kier molecular flexibility index (Phi) is 3.96. The summed E-state index contributed by atoms with van der Waals surface area (Å²) in [5, 5.41) is -0.981. The summed E-state index contributed by atoms with van der Waals surface area (Å²) in [4.78, 5) is 15.3. The van der Waals surface area contributed by atoms with Gasteiger partial charge in [-0.15, -0.1) is 11.3 Å². The minimum Gasteiger partial charge on any atom is -0.325 e. The van der Waals surface area contributed by atoms with Crippen molar-refractivity contribution in [2.45, 2.75) is 50.2 Å². The summed E-state index contributed by atoms with van der Waals surface area (Å²) in [5.74, 6) is -0.336. The molecule has 1 aromatic rings. The summed E-state index contributed by atoms with van der Waals surface area (Å²) < 4.78 is 37.2. The Balaban J connectivity index is 2.05. The van der Waals surface area contributed by atoms with Gasteiger partial charge in [0.2, 0.25) is 0 Å². The van der Waals surface area contributed by atoms with Gasteiger partial charge in [0, 0.05) is 18.2 Å². The number of hydrogen-bond donors (Lipinski definition) is 1. The van der Waals surface area contributed by atoms with E-state index in [0.29, 0.717) is 11.3 Å². The highest BCUT2D eigenvalue weighted by molar-refractivity contribution is 7.13. The third-order valence-electron chi connectivity index (χ3n) is 3.38. The highest BCUT2D eigenvalue weighted by Gasteiger charge is 2.36. The van der Waals surface area contributed by atoms with Gasteiger partial charge in [0.15, 0.2) is 10.8 Å². The average Bonchev–Trinajstić information content (AvgIpc) is 2.78. The zero-order valence-corrected chi connectivity index (χ0v) is 11.1. The van der Waals surface area contributed by atoms with Crippen LogP contribution in [0.25, 0.3) is 0 Å². The number of hydrogen-bond acceptors (Lipinski definition) is 4. The number of carbonyl (C=O) groups excluding carboxylic acids is 1. The van der Waals surface area contributed by atoms with E-state index in [1.807, 2.05) is 0 Å². The molecule has 0 bridgehead atoms. The highest BCUT2D eigenvalue weighted by Crippen LogP contribution is 2.34. The SMILES string of the molecule is NC1(CC(=O)c2cnc(C(F)(F)F)s2)CCCCC1. The van der Waals surface area contributed by atoms with Crippen LogP contribution in [-0.2, 0) is 6.18 Å². The topological polar surface area (TPSA) is 56.0 Å². The van der Waals surface area contributed by atoms with Crippen LogP contribution in [0.1, 0.15) is 53.2 Å². The van der Waals surface area contributed by atoms with Crippen LogP contribution in [-0.4, -0.2) is 16.3 Å². The van der Waals surface area contributed by atoms with E-state index >= 15 is 0 Å². The predicted octanol–water partition coefficient (Wildman–Crippen LogP) is 3.40. The van der Waals surface area contributed by atoms with Crippen molar-refractivity contribution in [3.8, 4) is 0 Å². The van der Waals surface area contributed by atoms with E-state index in [4.69, 9.17) is 5.73 Å². The molecule has 2 N–H and O–H groups in total. The second-order valence-corrected chi connectivity index (χ2v) is 6.08. The van der Waals surface area contributed by atoms with E-state index in [-0.39, 0.29) is 17.1 Å². The maximum Gasteiger partial charge on any atom is 0.443 e. The smallest absolute Gasteiger partial charge is 0.325 e. The Morgan fingerprint density at radius 2 is 2.00 bits per heavy atom. The molecule has 0 unspecified atom stereocenters. The Morgan fingerprint density at radius 3 is 2.53 bits per heavy atom. The monoisotopic (exact) mass is 292 g/mol. The van der Waals surface area contributed by atoms with Gasteiger partial charge in [0.05, 0.1) is 4.88 Å². The van der Waals surface area contributed by atoms with Crippen molar-refractivity contribution in [1.82, 2.24) is 4.98 Å². The van der Waals surface area contributed by atoms with Crippen molar-refractivity contribution in [3.63, 3.8) is 0 Å². The number of ketones is 1. The van der Waals surface area contributed by atoms with E-state index in [2.05, 4.69) is 4.98 Å². The van der Waals surface area contributed by atoms with E-state index in [9.17, 15) is 18.0 Å². The van der Waals surface area contributed by atoms with E-state index in [1.54, 1.807) is 0 Å². The fraction of sp³-hybridized carbons (Fsp3) is 0.667. The molecule has 1 saturated carbocycles. The van der Waals surface area contributed by atoms with Gasteiger partial charge in [-0.25, -0.2) is 4.98 Å². The largest absolute Gasteiger partial charge is 0.443 e. The molecule has 0 amide bonds. The van der Waals surface area contributed by atoms with Gasteiger partial charge >= 0.3 is 6.18 Å². The lowest BCUT2D eigenvalue weighted by molar-refractivity contribution is -0.137. The molecule has 0 spiro atoms. The molecule has 0 saturated heterocycles. The molecular weight excluding hydrogens is 277 g/mol. The van der Waals surface area contributed by atoms with Crippen molar-refractivity contribution in [1.29, 1.82) is 0 Å². The van der Waals surface area contributed by atoms with Crippen molar-refractivity contribution >= 4 is 17.1 Å². The number of carbonyl (C=O) groups is 1. The first-order chi connectivity index (χ1) is 8.80. The Labute approximate surface area is 113 Å². The quantitative estimate of drug-likeness (QED) is 0.869. The molecular formula is C12H15F3N2OS. The number of aromatic nitrogens is 1. The molecule has 0 aliphatic heterocycles. The molecule has 19 heavy (non-hydrogen) atoms. The minimum atomic E-state index is -4.49. The summed E-state index contributed by atoms with van der Waals surface area (Å²) in [6, 6.07) is 0. The van der Waals surface area contributed by atoms with Crippen LogP contribution in [0.2, 0.25) is 0 Å². The maximum atomic E-state index is 12.4. The molecule has 1 aliphatic rings. The number of nitrogens with zero attached hydrogens (tertiary/aromatic N) is 1. The molecule has 3 nitrogen and oxygen atoms in total. The van der Waals surface area contributed by atoms with Crippen LogP contribution >= 0.6 is 11.3 Å². The number of halogens is 3. The van der Waals surface area contributed by atoms with Crippen LogP contribution in [0.3, 0.4) is 0 Å². The third kappa shape index (κ3) is 3.54. The van der Waals surface area contributed by atoms with Crippen molar-refractivity contribution in [2.24, 2.45) is 5.73 Å². The summed E-state index contributed by atoms with van der Waals surface area (Å²) >= 11 is 0.394. The lowest BCUT2D eigenvalue weighted by atomic mass is 9.79. The predicted molar refractivity (Wildman–Crippen MR) is 66.1 cm³/mol. The highest BCUT2D eigenvalue weighted by atomic mass is 32.1. The fourth-order valence-corrected chi connectivity index (χ4v) is 3.09. The molecule has 1 fully saturated rings. The molecule has 2 rings (SSSR count). The zero-order valence-electron chi connectivity index (χ0n) is 10.3. The van der Waals surface area contributed by atoms with Crippen LogP contribution < -0.4 is 5.73 Å². The molecule has 0 radical (unpaired) electrons. The van der Waals surface area contributed by atoms with E-state index in [0.717, 1.165) is 38.3 Å². The van der Waals surface area contributed by atoms with Crippen LogP contribution in [0.15, 0.2) is 6.20 Å². The van der Waals surface area contributed by atoms with Crippen molar-refractivity contribution in [3.05, 3.63) is 16.1 Å². The number of nitrogens with two attached hydrogens (primary N) is 1. The Morgan fingerprint density at radius 1 is 1.37 bits per heavy atom. The number of alkyl halides is 3. The van der Waals surface area contributed by atoms with E-state index in [1.165, 1.54) is 0 Å². The van der Waals surface area contributed by atoms with Gasteiger partial charge in [0.25, 0.3) is 0 Å². The Hall–Kier alpha value is -0.950. The molecule has 0 atom stereocenters. The number of rotatable bonds is 3. The van der Waals surface area contributed by atoms with Crippen LogP contribution in [0, 0.1) is 0 Å². The average molecular weight is 292 g/mol. The summed E-state index contributed by atoms with van der Waals surface area (Å²) in [6.07, 6.45) is 1.17. The van der Waals surface area contributed by atoms with Gasteiger partial charge < -0.3 is 5.73 Å². The molecule has 0 aromatic carbocycles. The summed E-state index contributed by atoms with van der Waals surface area (Å²) in [5.41, 5.74) is 5.57. The van der Waals surface area contributed by atoms with Crippen LogP contribution in [0.4, 0.5) is 13.2 Å². The Bertz CT molecular complexity index is 464. The first kappa shape index (κ1) is 14.5. The number of thiazole rings is 1. The summed E-state index contributed by atoms with van der Waals surface area (Å²) in [6.45, 7) is 0. The van der Waals surface area contributed by atoms with Gasteiger partial charge in [-0.3, -0.25) is 4.79 Å². The third-order valence-corrected chi connectivity index (χ3v) is 4.47. The van der Waals surface area contributed by atoms with Gasteiger partial charge in [0.1, 0.15) is 0 Å². The van der Waals surface area contributed by atoms with Gasteiger partial charge in [-0.1, -0.05) is 19.3 Å². The molecule has 7 heteroatoms. The summed E-state index contributed by atoms with van der Waals surface area (Å²) in [7, 11) is 0. The number of Topliss-reactive ketones (excluding diaryl/α,β-unsaturated/α-hetero) is 1. The first-order valence-corrected chi connectivity index (χ1v) is 6.97. The van der Waals surface area contributed by atoms with Crippen molar-refractivity contribution < 1.29 is 18.0 Å². The van der Waals surface area contributed by atoms with E-state index < -0.39 is 16.7 Å². The second-order valence-electron chi connectivity index (χ2n) is 5.05. The minimum absolute atomic E-state index is 0.0442. The molecule has 1 aromatic heterocycles. The normalized spacial score (nSPS) is 19.4. The zero-order chi connectivity index (χ0) is 14.1. The van der Waals surface area contributed by atoms with Crippen LogP contribution in [0.5, 0.6) is 0 Å². The second kappa shape index (κ2) is 5.20.